The largest absolute Gasteiger partial charge is 0.318 e. The molecule has 0 aliphatic rings. The van der Waals surface area contributed by atoms with Crippen LogP contribution in [0.3, 0.4) is 0 Å². The molecule has 0 atom stereocenters. The summed E-state index contributed by atoms with van der Waals surface area (Å²) < 4.78 is 0. The maximum absolute atomic E-state index is 10.3. The molecule has 0 heterocycles. The molecule has 11 heavy (non-hydrogen) atoms. The molecule has 0 saturated carbocycles. The van der Waals surface area contributed by atoms with E-state index in [2.05, 4.69) is 0 Å². The summed E-state index contributed by atoms with van der Waals surface area (Å²) in [5.41, 5.74) is 2.09. The van der Waals surface area contributed by atoms with Crippen molar-refractivity contribution in [1.29, 1.82) is 0 Å². The molecule has 0 spiro atoms. The van der Waals surface area contributed by atoms with E-state index in [0.29, 0.717) is 0 Å². The minimum Gasteiger partial charge on any atom is -0.318 e. The fourth-order valence-electron chi connectivity index (χ4n) is 0.908. The second kappa shape index (κ2) is 3.19. The molecule has 1 aromatic rings. The summed E-state index contributed by atoms with van der Waals surface area (Å²) in [5, 5.41) is 0. The van der Waals surface area contributed by atoms with Crippen LogP contribution >= 0.6 is 0 Å². The Balaban J connectivity index is 2.95. The highest BCUT2D eigenvalue weighted by Crippen LogP contribution is 2.11. The van der Waals surface area contributed by atoms with Gasteiger partial charge >= 0.3 is 0 Å². The van der Waals surface area contributed by atoms with E-state index in [1.165, 1.54) is 0 Å². The fraction of sp³-hybridized carbons (Fsp3) is 0.222. The molecule has 58 valence electrons. The van der Waals surface area contributed by atoms with E-state index in [-0.39, 0.29) is 0 Å². The first-order chi connectivity index (χ1) is 5.24. The van der Waals surface area contributed by atoms with E-state index in [1.54, 1.807) is 11.9 Å². The molecule has 2 heteroatoms. The monoisotopic (exact) mass is 149 g/mol. The first-order valence-corrected chi connectivity index (χ1v) is 3.49. The number of hydrogen-bond acceptors (Lipinski definition) is 1. The third kappa shape index (κ3) is 1.80. The number of rotatable bonds is 2. The number of carbonyl (C=O) groups excluding carboxylic acids is 1. The Morgan fingerprint density at radius 1 is 1.45 bits per heavy atom. The lowest BCUT2D eigenvalue weighted by molar-refractivity contribution is -0.107. The second-order valence-electron chi connectivity index (χ2n) is 2.56. The van der Waals surface area contributed by atoms with Crippen molar-refractivity contribution in [1.82, 2.24) is 0 Å². The van der Waals surface area contributed by atoms with Crippen molar-refractivity contribution in [3.8, 4) is 0 Å². The van der Waals surface area contributed by atoms with Gasteiger partial charge in [0.2, 0.25) is 6.41 Å². The van der Waals surface area contributed by atoms with Gasteiger partial charge in [0.15, 0.2) is 0 Å². The Hall–Kier alpha value is -1.31. The van der Waals surface area contributed by atoms with Crippen LogP contribution in [0.2, 0.25) is 0 Å². The van der Waals surface area contributed by atoms with Crippen molar-refractivity contribution in [2.75, 3.05) is 11.9 Å². The van der Waals surface area contributed by atoms with Crippen LogP contribution in [0.5, 0.6) is 0 Å². The summed E-state index contributed by atoms with van der Waals surface area (Å²) in [6, 6.07) is 7.81. The van der Waals surface area contributed by atoms with Gasteiger partial charge in [-0.2, -0.15) is 0 Å². The molecule has 0 aromatic heterocycles. The Morgan fingerprint density at radius 2 is 2.18 bits per heavy atom. The number of amides is 1. The molecule has 0 fully saturated rings. The van der Waals surface area contributed by atoms with Crippen molar-refractivity contribution >= 4 is 12.1 Å². The van der Waals surface area contributed by atoms with Crippen LogP contribution in [-0.2, 0) is 4.79 Å². The molecule has 2 nitrogen and oxygen atoms in total. The van der Waals surface area contributed by atoms with Gasteiger partial charge in [-0.05, 0) is 24.6 Å². The van der Waals surface area contributed by atoms with Crippen molar-refractivity contribution in [3.63, 3.8) is 0 Å². The van der Waals surface area contributed by atoms with Crippen LogP contribution < -0.4 is 4.90 Å². The van der Waals surface area contributed by atoms with Gasteiger partial charge in [-0.25, -0.2) is 0 Å². The van der Waals surface area contributed by atoms with E-state index in [0.717, 1.165) is 17.7 Å². The fourth-order valence-corrected chi connectivity index (χ4v) is 0.908. The zero-order chi connectivity index (χ0) is 8.27. The lowest BCUT2D eigenvalue weighted by Crippen LogP contribution is -2.13. The molecule has 1 rings (SSSR count). The third-order valence-corrected chi connectivity index (χ3v) is 1.57. The zero-order valence-corrected chi connectivity index (χ0v) is 6.74. The van der Waals surface area contributed by atoms with Crippen LogP contribution in [0.25, 0.3) is 0 Å². The minimum atomic E-state index is 0.800. The summed E-state index contributed by atoms with van der Waals surface area (Å²) in [5.74, 6) is 0. The maximum Gasteiger partial charge on any atom is 0.213 e. The molecular weight excluding hydrogens is 138 g/mol. The summed E-state index contributed by atoms with van der Waals surface area (Å²) in [6.45, 7) is 2.00. The van der Waals surface area contributed by atoms with E-state index in [1.807, 2.05) is 31.2 Å². The normalized spacial score (nSPS) is 9.27. The van der Waals surface area contributed by atoms with Gasteiger partial charge in [0, 0.05) is 12.7 Å². The first kappa shape index (κ1) is 7.79. The molecule has 0 radical (unpaired) electrons. The number of nitrogens with zero attached hydrogens (tertiary/aromatic N) is 1. The average Bonchev–Trinajstić information content (AvgIpc) is 2.03. The van der Waals surface area contributed by atoms with Crippen LogP contribution in [0.15, 0.2) is 24.3 Å². The number of carbonyl (C=O) groups is 1. The highest BCUT2D eigenvalue weighted by molar-refractivity contribution is 5.74. The average molecular weight is 149 g/mol. The molecule has 0 bridgehead atoms. The van der Waals surface area contributed by atoms with Gasteiger partial charge in [0.1, 0.15) is 0 Å². The van der Waals surface area contributed by atoms with Crippen molar-refractivity contribution < 1.29 is 4.79 Å². The Kier molecular flexibility index (Phi) is 2.26. The molecular formula is C9H11NO. The molecule has 0 unspecified atom stereocenters. The van der Waals surface area contributed by atoms with E-state index in [9.17, 15) is 4.79 Å². The molecule has 0 N–H and O–H groups in total. The van der Waals surface area contributed by atoms with E-state index in [4.69, 9.17) is 0 Å². The van der Waals surface area contributed by atoms with Crippen LogP contribution in [0, 0.1) is 6.92 Å². The first-order valence-electron chi connectivity index (χ1n) is 3.49. The molecule has 0 aliphatic carbocycles. The lowest BCUT2D eigenvalue weighted by atomic mass is 10.2. The molecule has 0 saturated heterocycles. The van der Waals surface area contributed by atoms with Gasteiger partial charge in [0.05, 0.1) is 0 Å². The number of hydrogen-bond donors (Lipinski definition) is 0. The standard InChI is InChI=1S/C9H11NO/c1-8-4-3-5-9(6-8)10(2)7-11/h3-7H,1-2H3. The summed E-state index contributed by atoms with van der Waals surface area (Å²) in [4.78, 5) is 11.9. The van der Waals surface area contributed by atoms with Gasteiger partial charge < -0.3 is 4.90 Å². The quantitative estimate of drug-likeness (QED) is 0.585. The summed E-state index contributed by atoms with van der Waals surface area (Å²) in [7, 11) is 1.74. The van der Waals surface area contributed by atoms with E-state index >= 15 is 0 Å². The Morgan fingerprint density at radius 3 is 2.73 bits per heavy atom. The van der Waals surface area contributed by atoms with Gasteiger partial charge in [-0.1, -0.05) is 12.1 Å². The number of benzene rings is 1. The lowest BCUT2D eigenvalue weighted by Gasteiger charge is -2.10. The van der Waals surface area contributed by atoms with Gasteiger partial charge in [-0.15, -0.1) is 0 Å². The predicted molar refractivity (Wildman–Crippen MR) is 45.6 cm³/mol. The molecule has 1 aromatic carbocycles. The van der Waals surface area contributed by atoms with Crippen LogP contribution in [-0.4, -0.2) is 13.5 Å². The van der Waals surface area contributed by atoms with Crippen LogP contribution in [0.4, 0.5) is 5.69 Å². The second-order valence-corrected chi connectivity index (χ2v) is 2.56. The van der Waals surface area contributed by atoms with Crippen molar-refractivity contribution in [2.45, 2.75) is 6.92 Å². The Labute approximate surface area is 66.4 Å². The highest BCUT2D eigenvalue weighted by Gasteiger charge is 1.96. The third-order valence-electron chi connectivity index (χ3n) is 1.57. The highest BCUT2D eigenvalue weighted by atomic mass is 16.1. The SMILES string of the molecule is Cc1cccc(N(C)C=O)c1. The van der Waals surface area contributed by atoms with Gasteiger partial charge in [0.25, 0.3) is 0 Å². The maximum atomic E-state index is 10.3. The van der Waals surface area contributed by atoms with E-state index < -0.39 is 0 Å². The Bertz CT molecular complexity index is 257. The van der Waals surface area contributed by atoms with Crippen molar-refractivity contribution in [2.24, 2.45) is 0 Å². The van der Waals surface area contributed by atoms with Crippen LogP contribution in [0.1, 0.15) is 5.56 Å². The summed E-state index contributed by atoms with van der Waals surface area (Å²) in [6.07, 6.45) is 0.800. The molecule has 1 amide bonds. The summed E-state index contributed by atoms with van der Waals surface area (Å²) >= 11 is 0. The topological polar surface area (TPSA) is 20.3 Å². The molecule has 0 aliphatic heterocycles. The van der Waals surface area contributed by atoms with Crippen molar-refractivity contribution in [3.05, 3.63) is 29.8 Å². The van der Waals surface area contributed by atoms with Gasteiger partial charge in [-0.3, -0.25) is 4.79 Å². The predicted octanol–water partition coefficient (Wildman–Crippen LogP) is 1.59. The smallest absolute Gasteiger partial charge is 0.213 e. The minimum absolute atomic E-state index is 0.800. The number of anilines is 1. The number of aryl methyl sites for hydroxylation is 1. The zero-order valence-electron chi connectivity index (χ0n) is 6.74.